The predicted molar refractivity (Wildman–Crippen MR) is 97.7 cm³/mol. The van der Waals surface area contributed by atoms with E-state index in [4.69, 9.17) is 9.15 Å². The fourth-order valence-corrected chi connectivity index (χ4v) is 2.61. The predicted octanol–water partition coefficient (Wildman–Crippen LogP) is 3.90. The maximum absolute atomic E-state index is 12.7. The smallest absolute Gasteiger partial charge is 0.261 e. The molecular weight excluding hydrogens is 330 g/mol. The lowest BCUT2D eigenvalue weighted by atomic mass is 10.2. The van der Waals surface area contributed by atoms with E-state index in [-0.39, 0.29) is 24.8 Å². The van der Waals surface area contributed by atoms with Crippen molar-refractivity contribution in [3.05, 3.63) is 83.8 Å². The van der Waals surface area contributed by atoms with Gasteiger partial charge in [-0.3, -0.25) is 4.79 Å². The highest BCUT2D eigenvalue weighted by Crippen LogP contribution is 2.20. The highest BCUT2D eigenvalue weighted by atomic mass is 16.5. The van der Waals surface area contributed by atoms with Crippen LogP contribution in [0.25, 0.3) is 0 Å². The SMILES string of the molecule is Cc1cccc(OCC(=O)N(Cc2ccco2)Cc2ccccc2O)c1. The molecule has 0 atom stereocenters. The second-order valence-corrected chi connectivity index (χ2v) is 6.06. The summed E-state index contributed by atoms with van der Waals surface area (Å²) in [5.74, 6) is 1.29. The Hall–Kier alpha value is -3.21. The summed E-state index contributed by atoms with van der Waals surface area (Å²) in [6.45, 7) is 2.45. The molecule has 0 unspecified atom stereocenters. The fraction of sp³-hybridized carbons (Fsp3) is 0.190. The third-order valence-corrected chi connectivity index (χ3v) is 3.98. The van der Waals surface area contributed by atoms with Crippen LogP contribution in [0.5, 0.6) is 11.5 Å². The van der Waals surface area contributed by atoms with Crippen molar-refractivity contribution in [2.45, 2.75) is 20.0 Å². The zero-order chi connectivity index (χ0) is 18.4. The number of phenolic OH excluding ortho intramolecular Hbond substituents is 1. The lowest BCUT2D eigenvalue weighted by Gasteiger charge is -2.22. The molecule has 3 aromatic rings. The Labute approximate surface area is 152 Å². The topological polar surface area (TPSA) is 62.9 Å². The lowest BCUT2D eigenvalue weighted by molar-refractivity contribution is -0.134. The molecule has 0 spiro atoms. The molecule has 0 saturated heterocycles. The summed E-state index contributed by atoms with van der Waals surface area (Å²) in [5.41, 5.74) is 1.74. The standard InChI is InChI=1S/C21H21NO4/c1-16-6-4-8-18(12-16)26-15-21(24)22(14-19-9-5-11-25-19)13-17-7-2-3-10-20(17)23/h2-12,23H,13-15H2,1H3. The van der Waals surface area contributed by atoms with Crippen molar-refractivity contribution in [1.82, 2.24) is 4.90 Å². The Morgan fingerprint density at radius 1 is 1.08 bits per heavy atom. The molecule has 2 aromatic carbocycles. The van der Waals surface area contributed by atoms with Crippen LogP contribution in [-0.2, 0) is 17.9 Å². The van der Waals surface area contributed by atoms with Gasteiger partial charge in [0, 0.05) is 12.1 Å². The van der Waals surface area contributed by atoms with Crippen LogP contribution in [0.2, 0.25) is 0 Å². The number of carbonyl (C=O) groups is 1. The maximum atomic E-state index is 12.7. The van der Waals surface area contributed by atoms with E-state index in [1.165, 1.54) is 0 Å². The van der Waals surface area contributed by atoms with E-state index in [0.717, 1.165) is 5.56 Å². The molecule has 26 heavy (non-hydrogen) atoms. The molecular formula is C21H21NO4. The van der Waals surface area contributed by atoms with Crippen LogP contribution in [0.15, 0.2) is 71.3 Å². The summed E-state index contributed by atoms with van der Waals surface area (Å²) >= 11 is 0. The van der Waals surface area contributed by atoms with Gasteiger partial charge in [0.05, 0.1) is 12.8 Å². The van der Waals surface area contributed by atoms with Gasteiger partial charge < -0.3 is 19.2 Å². The van der Waals surface area contributed by atoms with E-state index in [2.05, 4.69) is 0 Å². The highest BCUT2D eigenvalue weighted by Gasteiger charge is 2.18. The first kappa shape index (κ1) is 17.6. The Morgan fingerprint density at radius 2 is 1.92 bits per heavy atom. The molecule has 0 bridgehead atoms. The van der Waals surface area contributed by atoms with Gasteiger partial charge >= 0.3 is 0 Å². The number of amides is 1. The van der Waals surface area contributed by atoms with Gasteiger partial charge in [-0.05, 0) is 42.8 Å². The Balaban J connectivity index is 1.71. The lowest BCUT2D eigenvalue weighted by Crippen LogP contribution is -2.34. The summed E-state index contributed by atoms with van der Waals surface area (Å²) in [4.78, 5) is 14.3. The number of phenols is 1. The normalized spacial score (nSPS) is 10.5. The number of nitrogens with zero attached hydrogens (tertiary/aromatic N) is 1. The van der Waals surface area contributed by atoms with Crippen LogP contribution in [0, 0.1) is 6.92 Å². The molecule has 1 N–H and O–H groups in total. The first-order valence-corrected chi connectivity index (χ1v) is 8.38. The molecule has 1 amide bonds. The minimum absolute atomic E-state index is 0.0856. The van der Waals surface area contributed by atoms with Gasteiger partial charge in [0.2, 0.25) is 0 Å². The largest absolute Gasteiger partial charge is 0.508 e. The zero-order valence-electron chi connectivity index (χ0n) is 14.6. The van der Waals surface area contributed by atoms with Gasteiger partial charge in [0.1, 0.15) is 17.3 Å². The molecule has 1 heterocycles. The number of aryl methyl sites for hydroxylation is 1. The Morgan fingerprint density at radius 3 is 2.65 bits per heavy atom. The van der Waals surface area contributed by atoms with E-state index in [1.54, 1.807) is 35.4 Å². The number of para-hydroxylation sites is 1. The molecule has 5 heteroatoms. The van der Waals surface area contributed by atoms with Crippen molar-refractivity contribution in [2.24, 2.45) is 0 Å². The molecule has 1 aromatic heterocycles. The van der Waals surface area contributed by atoms with Crippen LogP contribution in [0.3, 0.4) is 0 Å². The van der Waals surface area contributed by atoms with E-state index in [0.29, 0.717) is 23.6 Å². The zero-order valence-corrected chi connectivity index (χ0v) is 14.6. The first-order valence-electron chi connectivity index (χ1n) is 8.38. The number of hydrogen-bond acceptors (Lipinski definition) is 4. The van der Waals surface area contributed by atoms with E-state index >= 15 is 0 Å². The van der Waals surface area contributed by atoms with Gasteiger partial charge in [-0.15, -0.1) is 0 Å². The molecule has 3 rings (SSSR count). The van der Waals surface area contributed by atoms with Gasteiger partial charge in [-0.2, -0.15) is 0 Å². The number of furan rings is 1. The summed E-state index contributed by atoms with van der Waals surface area (Å²) < 4.78 is 11.0. The third-order valence-electron chi connectivity index (χ3n) is 3.98. The van der Waals surface area contributed by atoms with E-state index < -0.39 is 0 Å². The van der Waals surface area contributed by atoms with Crippen LogP contribution in [0.4, 0.5) is 0 Å². The minimum atomic E-state index is -0.189. The molecule has 0 fully saturated rings. The summed E-state index contributed by atoms with van der Waals surface area (Å²) in [6, 6.07) is 18.1. The van der Waals surface area contributed by atoms with Crippen molar-refractivity contribution in [1.29, 1.82) is 0 Å². The van der Waals surface area contributed by atoms with Crippen molar-refractivity contribution in [2.75, 3.05) is 6.61 Å². The average Bonchev–Trinajstić information content (AvgIpc) is 3.14. The number of ether oxygens (including phenoxy) is 1. The maximum Gasteiger partial charge on any atom is 0.261 e. The monoisotopic (exact) mass is 351 g/mol. The van der Waals surface area contributed by atoms with Crippen molar-refractivity contribution < 1.29 is 19.1 Å². The van der Waals surface area contributed by atoms with E-state index in [9.17, 15) is 9.90 Å². The number of aromatic hydroxyl groups is 1. The summed E-state index contributed by atoms with van der Waals surface area (Å²) in [7, 11) is 0. The second-order valence-electron chi connectivity index (χ2n) is 6.06. The van der Waals surface area contributed by atoms with Gasteiger partial charge in [0.25, 0.3) is 5.91 Å². The Kier molecular flexibility index (Phi) is 5.59. The second kappa shape index (κ2) is 8.25. The summed E-state index contributed by atoms with van der Waals surface area (Å²) in [5, 5.41) is 10.0. The van der Waals surface area contributed by atoms with Crippen molar-refractivity contribution in [3.63, 3.8) is 0 Å². The molecule has 0 radical (unpaired) electrons. The van der Waals surface area contributed by atoms with Crippen LogP contribution < -0.4 is 4.74 Å². The van der Waals surface area contributed by atoms with Crippen LogP contribution in [-0.4, -0.2) is 22.5 Å². The highest BCUT2D eigenvalue weighted by molar-refractivity contribution is 5.77. The average molecular weight is 351 g/mol. The quantitative estimate of drug-likeness (QED) is 0.701. The van der Waals surface area contributed by atoms with Crippen LogP contribution in [0.1, 0.15) is 16.9 Å². The Bertz CT molecular complexity index is 858. The number of carbonyl (C=O) groups excluding carboxylic acids is 1. The van der Waals surface area contributed by atoms with Crippen molar-refractivity contribution in [3.8, 4) is 11.5 Å². The molecule has 0 saturated carbocycles. The first-order chi connectivity index (χ1) is 12.6. The van der Waals surface area contributed by atoms with E-state index in [1.807, 2.05) is 43.3 Å². The van der Waals surface area contributed by atoms with Gasteiger partial charge in [-0.25, -0.2) is 0 Å². The minimum Gasteiger partial charge on any atom is -0.508 e. The molecule has 0 aliphatic carbocycles. The molecule has 5 nitrogen and oxygen atoms in total. The molecule has 0 aliphatic rings. The summed E-state index contributed by atoms with van der Waals surface area (Å²) in [6.07, 6.45) is 1.57. The number of hydrogen-bond donors (Lipinski definition) is 1. The number of benzene rings is 2. The van der Waals surface area contributed by atoms with Gasteiger partial charge in [-0.1, -0.05) is 30.3 Å². The molecule has 134 valence electrons. The molecule has 0 aliphatic heterocycles. The van der Waals surface area contributed by atoms with Gasteiger partial charge in [0.15, 0.2) is 6.61 Å². The fourth-order valence-electron chi connectivity index (χ4n) is 2.61. The van der Waals surface area contributed by atoms with Crippen LogP contribution >= 0.6 is 0 Å². The third kappa shape index (κ3) is 4.66. The number of rotatable bonds is 7. The van der Waals surface area contributed by atoms with Crippen molar-refractivity contribution >= 4 is 5.91 Å².